The summed E-state index contributed by atoms with van der Waals surface area (Å²) in [5, 5.41) is 6.58. The molecule has 2 aromatic heterocycles. The Labute approximate surface area is 85.7 Å². The molecule has 2 rings (SSSR count). The van der Waals surface area contributed by atoms with Gasteiger partial charge in [0.15, 0.2) is 5.65 Å². The van der Waals surface area contributed by atoms with Crippen LogP contribution in [0.1, 0.15) is 0 Å². The second kappa shape index (κ2) is 2.74. The number of halogens is 2. The van der Waals surface area contributed by atoms with Crippen molar-refractivity contribution in [3.63, 3.8) is 0 Å². The largest absolute Gasteiger partial charge is 0.347 e. The van der Waals surface area contributed by atoms with Crippen molar-refractivity contribution in [3.8, 4) is 0 Å². The zero-order valence-electron chi connectivity index (χ0n) is 5.71. The van der Waals surface area contributed by atoms with E-state index in [-0.39, 0.29) is 5.69 Å². The molecule has 62 valence electrons. The Bertz CT molecular complexity index is 489. The number of aromatic nitrogens is 3. The van der Waals surface area contributed by atoms with Crippen molar-refractivity contribution in [3.05, 3.63) is 31.3 Å². The minimum Gasteiger partial charge on any atom is -0.249 e. The van der Waals surface area contributed by atoms with Gasteiger partial charge in [0, 0.05) is 9.77 Å². The highest BCUT2D eigenvalue weighted by atomic mass is 127. The van der Waals surface area contributed by atoms with Crippen LogP contribution in [0.25, 0.3) is 5.65 Å². The average Bonchev–Trinajstić information content (AvgIpc) is 2.41. The van der Waals surface area contributed by atoms with Gasteiger partial charge in [0.05, 0.1) is 5.02 Å². The summed E-state index contributed by atoms with van der Waals surface area (Å²) in [6, 6.07) is 1.76. The summed E-state index contributed by atoms with van der Waals surface area (Å²) < 4.78 is 2.24. The van der Waals surface area contributed by atoms with E-state index in [1.54, 1.807) is 12.3 Å². The van der Waals surface area contributed by atoms with E-state index in [9.17, 15) is 4.79 Å². The molecule has 0 aliphatic heterocycles. The fourth-order valence-electron chi connectivity index (χ4n) is 0.918. The van der Waals surface area contributed by atoms with Gasteiger partial charge in [-0.25, -0.2) is 14.3 Å². The molecule has 0 aliphatic carbocycles. The van der Waals surface area contributed by atoms with Crippen LogP contribution in [-0.4, -0.2) is 14.6 Å². The normalized spacial score (nSPS) is 10.8. The zero-order valence-corrected chi connectivity index (χ0v) is 8.63. The van der Waals surface area contributed by atoms with Crippen molar-refractivity contribution >= 4 is 39.8 Å². The number of nitrogens with one attached hydrogen (secondary N) is 1. The summed E-state index contributed by atoms with van der Waals surface area (Å²) in [5.41, 5.74) is 0.192. The first-order valence-corrected chi connectivity index (χ1v) is 4.56. The van der Waals surface area contributed by atoms with Gasteiger partial charge in [0.2, 0.25) is 0 Å². The zero-order chi connectivity index (χ0) is 8.72. The highest BCUT2D eigenvalue weighted by Crippen LogP contribution is 2.20. The number of pyridine rings is 1. The molecule has 2 heterocycles. The van der Waals surface area contributed by atoms with Gasteiger partial charge in [-0.2, -0.15) is 5.10 Å². The third-order valence-electron chi connectivity index (χ3n) is 1.48. The first kappa shape index (κ1) is 8.06. The molecular formula is C6H3ClIN3O. The van der Waals surface area contributed by atoms with E-state index in [0.29, 0.717) is 10.7 Å². The molecule has 0 aromatic carbocycles. The van der Waals surface area contributed by atoms with Crippen LogP contribution in [0.15, 0.2) is 17.1 Å². The Kier molecular flexibility index (Phi) is 1.84. The van der Waals surface area contributed by atoms with Gasteiger partial charge >= 0.3 is 5.69 Å². The second-order valence-electron chi connectivity index (χ2n) is 2.20. The quantitative estimate of drug-likeness (QED) is 0.744. The molecule has 1 N–H and O–H groups in total. The lowest BCUT2D eigenvalue weighted by molar-refractivity contribution is 1.02. The summed E-state index contributed by atoms with van der Waals surface area (Å²) in [5.74, 6) is 0. The smallest absolute Gasteiger partial charge is 0.249 e. The fraction of sp³-hybridized carbons (Fsp3) is 0. The Balaban J connectivity index is 3.02. The van der Waals surface area contributed by atoms with Gasteiger partial charge in [-0.15, -0.1) is 0 Å². The van der Waals surface area contributed by atoms with Crippen LogP contribution >= 0.6 is 34.2 Å². The maximum Gasteiger partial charge on any atom is 0.347 e. The van der Waals surface area contributed by atoms with Crippen LogP contribution in [-0.2, 0) is 0 Å². The lowest BCUT2D eigenvalue weighted by Gasteiger charge is -1.95. The summed E-state index contributed by atoms with van der Waals surface area (Å²) in [4.78, 5) is 11.0. The lowest BCUT2D eigenvalue weighted by Crippen LogP contribution is -2.08. The van der Waals surface area contributed by atoms with Crippen molar-refractivity contribution in [2.45, 2.75) is 0 Å². The highest BCUT2D eigenvalue weighted by Gasteiger charge is 2.06. The number of hydrogen-bond donors (Lipinski definition) is 1. The summed E-state index contributed by atoms with van der Waals surface area (Å²) in [6.45, 7) is 0. The molecule has 2 aromatic rings. The maximum atomic E-state index is 11.0. The molecule has 0 fully saturated rings. The molecule has 0 aliphatic rings. The summed E-state index contributed by atoms with van der Waals surface area (Å²) >= 11 is 7.97. The SMILES string of the molecule is O=c1[nH]nc2c(Cl)c(I)ccn12. The highest BCUT2D eigenvalue weighted by molar-refractivity contribution is 14.1. The van der Waals surface area contributed by atoms with Crippen LogP contribution < -0.4 is 5.69 Å². The molecule has 4 nitrogen and oxygen atoms in total. The van der Waals surface area contributed by atoms with Crippen LogP contribution in [0.4, 0.5) is 0 Å². The molecule has 0 unspecified atom stereocenters. The van der Waals surface area contributed by atoms with Crippen molar-refractivity contribution < 1.29 is 0 Å². The summed E-state index contributed by atoms with van der Waals surface area (Å²) in [7, 11) is 0. The maximum absolute atomic E-state index is 11.0. The third-order valence-corrected chi connectivity index (χ3v) is 3.07. The number of fused-ring (bicyclic) bond motifs is 1. The minimum absolute atomic E-state index is 0.275. The Morgan fingerprint density at radius 3 is 3.17 bits per heavy atom. The molecule has 0 amide bonds. The lowest BCUT2D eigenvalue weighted by atomic mass is 10.5. The average molecular weight is 295 g/mol. The van der Waals surface area contributed by atoms with Crippen LogP contribution in [0.2, 0.25) is 5.02 Å². The number of H-pyrrole nitrogens is 1. The molecule has 0 saturated carbocycles. The molecule has 0 radical (unpaired) electrons. The topological polar surface area (TPSA) is 50.2 Å². The van der Waals surface area contributed by atoms with Gasteiger partial charge in [-0.1, -0.05) is 11.6 Å². The predicted molar refractivity (Wildman–Crippen MR) is 53.5 cm³/mol. The van der Waals surface area contributed by atoms with Gasteiger partial charge in [-0.05, 0) is 28.7 Å². The van der Waals surface area contributed by atoms with Crippen molar-refractivity contribution in [2.75, 3.05) is 0 Å². The van der Waals surface area contributed by atoms with Crippen LogP contribution in [0, 0.1) is 3.57 Å². The van der Waals surface area contributed by atoms with E-state index in [1.807, 2.05) is 0 Å². The standard InChI is InChI=1S/C6H3ClIN3O/c7-4-3(8)1-2-11-5(4)9-10-6(11)12/h1-2H,(H,10,12). The number of rotatable bonds is 0. The first-order valence-electron chi connectivity index (χ1n) is 3.11. The van der Waals surface area contributed by atoms with Crippen molar-refractivity contribution in [2.24, 2.45) is 0 Å². The second-order valence-corrected chi connectivity index (χ2v) is 3.74. The number of aromatic amines is 1. The molecule has 0 bridgehead atoms. The number of hydrogen-bond acceptors (Lipinski definition) is 2. The van der Waals surface area contributed by atoms with Gasteiger partial charge in [0.1, 0.15) is 0 Å². The van der Waals surface area contributed by atoms with Gasteiger partial charge in [0.25, 0.3) is 0 Å². The van der Waals surface area contributed by atoms with Crippen LogP contribution in [0.3, 0.4) is 0 Å². The molecular weight excluding hydrogens is 292 g/mol. The molecule has 12 heavy (non-hydrogen) atoms. The van der Waals surface area contributed by atoms with E-state index in [1.165, 1.54) is 4.40 Å². The van der Waals surface area contributed by atoms with Crippen molar-refractivity contribution in [1.29, 1.82) is 0 Å². The van der Waals surface area contributed by atoms with E-state index in [0.717, 1.165) is 3.57 Å². The van der Waals surface area contributed by atoms with Gasteiger partial charge in [-0.3, -0.25) is 0 Å². The minimum atomic E-state index is -0.275. The Morgan fingerprint density at radius 2 is 2.42 bits per heavy atom. The predicted octanol–water partition coefficient (Wildman–Crippen LogP) is 1.28. The molecule has 0 saturated heterocycles. The molecule has 0 spiro atoms. The monoisotopic (exact) mass is 295 g/mol. The Morgan fingerprint density at radius 1 is 1.67 bits per heavy atom. The third kappa shape index (κ3) is 1.04. The van der Waals surface area contributed by atoms with E-state index in [4.69, 9.17) is 11.6 Å². The summed E-state index contributed by atoms with van der Waals surface area (Å²) in [6.07, 6.45) is 1.63. The van der Waals surface area contributed by atoms with E-state index >= 15 is 0 Å². The van der Waals surface area contributed by atoms with Crippen molar-refractivity contribution in [1.82, 2.24) is 14.6 Å². The van der Waals surface area contributed by atoms with Crippen LogP contribution in [0.5, 0.6) is 0 Å². The first-order chi connectivity index (χ1) is 5.70. The van der Waals surface area contributed by atoms with Gasteiger partial charge < -0.3 is 0 Å². The van der Waals surface area contributed by atoms with E-state index < -0.39 is 0 Å². The molecule has 0 atom stereocenters. The Hall–Kier alpha value is -0.560. The number of nitrogens with zero attached hydrogens (tertiary/aromatic N) is 2. The van der Waals surface area contributed by atoms with E-state index in [2.05, 4.69) is 32.8 Å². The fourth-order valence-corrected chi connectivity index (χ4v) is 1.52. The molecule has 6 heteroatoms.